The Balaban J connectivity index is 1.49. The summed E-state index contributed by atoms with van der Waals surface area (Å²) in [7, 11) is 0. The second kappa shape index (κ2) is 23.0. The summed E-state index contributed by atoms with van der Waals surface area (Å²) in [5.74, 6) is -1.11. The van der Waals surface area contributed by atoms with Gasteiger partial charge in [-0.1, -0.05) is 0 Å². The van der Waals surface area contributed by atoms with Gasteiger partial charge in [-0.25, -0.2) is 0 Å². The first-order valence-electron chi connectivity index (χ1n) is 16.9. The van der Waals surface area contributed by atoms with E-state index in [1.165, 1.54) is 13.8 Å². The van der Waals surface area contributed by atoms with E-state index in [1.54, 1.807) is 0 Å². The highest BCUT2D eigenvalue weighted by molar-refractivity contribution is 5.77. The molecule has 10 N–H and O–H groups in total. The average Bonchev–Trinajstić information content (AvgIpc) is 3.06. The maximum Gasteiger partial charge on any atom is 0.219 e. The lowest BCUT2D eigenvalue weighted by molar-refractivity contribution is -0.270. The van der Waals surface area contributed by atoms with E-state index >= 15 is 0 Å². The topological polar surface area (TPSA) is 275 Å². The van der Waals surface area contributed by atoms with Gasteiger partial charge in [0, 0.05) is 53.0 Å². The largest absolute Gasteiger partial charge is 0.394 e. The molecule has 2 saturated heterocycles. The molecule has 284 valence electrons. The lowest BCUT2D eigenvalue weighted by atomic mass is 9.97. The molecule has 0 aromatic carbocycles. The second-order valence-electron chi connectivity index (χ2n) is 12.3. The summed E-state index contributed by atoms with van der Waals surface area (Å²) in [4.78, 5) is 47.2. The van der Waals surface area contributed by atoms with Gasteiger partial charge in [-0.3, -0.25) is 19.2 Å². The molecule has 10 atom stereocenters. The van der Waals surface area contributed by atoms with Gasteiger partial charge in [-0.05, 0) is 44.9 Å². The van der Waals surface area contributed by atoms with Crippen LogP contribution in [0.3, 0.4) is 0 Å². The Labute approximate surface area is 286 Å². The maximum absolute atomic E-state index is 12.1. The van der Waals surface area contributed by atoms with Gasteiger partial charge in [0.2, 0.25) is 23.6 Å². The van der Waals surface area contributed by atoms with Crippen LogP contribution in [0.25, 0.3) is 0 Å². The van der Waals surface area contributed by atoms with Gasteiger partial charge < -0.3 is 70.9 Å². The van der Waals surface area contributed by atoms with Crippen LogP contribution in [0.4, 0.5) is 0 Å². The highest BCUT2D eigenvalue weighted by Crippen LogP contribution is 2.23. The van der Waals surface area contributed by atoms with Crippen LogP contribution in [0, 0.1) is 0 Å². The van der Waals surface area contributed by atoms with Gasteiger partial charge in [0.1, 0.15) is 48.7 Å². The van der Waals surface area contributed by atoms with Crippen LogP contribution >= 0.6 is 0 Å². The van der Waals surface area contributed by atoms with Crippen molar-refractivity contribution in [3.05, 3.63) is 0 Å². The highest BCUT2D eigenvalue weighted by Gasteiger charge is 2.46. The lowest BCUT2D eigenvalue weighted by Crippen LogP contribution is -2.64. The molecule has 0 spiro atoms. The van der Waals surface area contributed by atoms with E-state index in [1.807, 2.05) is 0 Å². The molecular formula is C31H56N4O14. The Kier molecular flexibility index (Phi) is 20.1. The smallest absolute Gasteiger partial charge is 0.219 e. The summed E-state index contributed by atoms with van der Waals surface area (Å²) in [6.07, 6.45) is -4.86. The van der Waals surface area contributed by atoms with Crippen molar-refractivity contribution in [2.24, 2.45) is 0 Å². The number of unbranched alkanes of at least 4 members (excludes halogenated alkanes) is 4. The van der Waals surface area contributed by atoms with Crippen molar-refractivity contribution in [3.63, 3.8) is 0 Å². The predicted octanol–water partition coefficient (Wildman–Crippen LogP) is -3.35. The summed E-state index contributed by atoms with van der Waals surface area (Å²) in [5, 5.41) is 70.1. The second-order valence-corrected chi connectivity index (χ2v) is 12.3. The van der Waals surface area contributed by atoms with Gasteiger partial charge in [-0.2, -0.15) is 0 Å². The van der Waals surface area contributed by atoms with Crippen LogP contribution in [0.15, 0.2) is 0 Å². The zero-order valence-corrected chi connectivity index (χ0v) is 28.3. The SMILES string of the molecule is CC(=O)NC1[C@H](OCCCCCNC(=O)CCCCC(=O)NCCCCO[C@@H]2OC(CO)[C@H](O)[C@H](O)C2NC(C)=O)OC(CO)[C@H](O)[C@@H]1O. The monoisotopic (exact) mass is 708 g/mol. The van der Waals surface area contributed by atoms with Gasteiger partial charge in [-0.15, -0.1) is 0 Å². The molecule has 0 bridgehead atoms. The summed E-state index contributed by atoms with van der Waals surface area (Å²) in [6.45, 7) is 2.79. The van der Waals surface area contributed by atoms with Crippen molar-refractivity contribution in [1.29, 1.82) is 0 Å². The van der Waals surface area contributed by atoms with Crippen molar-refractivity contribution < 1.29 is 68.8 Å². The zero-order chi connectivity index (χ0) is 36.3. The Morgan fingerprint density at radius 1 is 0.571 bits per heavy atom. The number of hydrogen-bond donors (Lipinski definition) is 10. The number of rotatable bonds is 22. The van der Waals surface area contributed by atoms with E-state index in [2.05, 4.69) is 21.3 Å². The minimum atomic E-state index is -1.39. The van der Waals surface area contributed by atoms with Gasteiger partial charge in [0.25, 0.3) is 0 Å². The summed E-state index contributed by atoms with van der Waals surface area (Å²) in [5.41, 5.74) is 0. The van der Waals surface area contributed by atoms with Crippen LogP contribution < -0.4 is 21.3 Å². The number of ether oxygens (including phenoxy) is 4. The summed E-state index contributed by atoms with van der Waals surface area (Å²) in [6, 6.07) is -1.99. The number of carbonyl (C=O) groups is 4. The van der Waals surface area contributed by atoms with Crippen LogP contribution in [-0.4, -0.2) is 155 Å². The summed E-state index contributed by atoms with van der Waals surface area (Å²) < 4.78 is 22.3. The van der Waals surface area contributed by atoms with E-state index in [0.717, 1.165) is 6.42 Å². The highest BCUT2D eigenvalue weighted by atomic mass is 16.7. The molecule has 18 nitrogen and oxygen atoms in total. The average molecular weight is 709 g/mol. The van der Waals surface area contributed by atoms with Crippen LogP contribution in [-0.2, 0) is 38.1 Å². The fourth-order valence-electron chi connectivity index (χ4n) is 5.46. The van der Waals surface area contributed by atoms with Gasteiger partial charge in [0.15, 0.2) is 12.6 Å². The van der Waals surface area contributed by atoms with E-state index in [0.29, 0.717) is 58.0 Å². The first-order chi connectivity index (χ1) is 23.4. The minimum absolute atomic E-state index is 0.108. The molecule has 2 aliphatic rings. The molecule has 4 amide bonds. The third-order valence-electron chi connectivity index (χ3n) is 8.16. The Morgan fingerprint density at radius 3 is 1.35 bits per heavy atom. The number of nitrogens with one attached hydrogen (secondary N) is 4. The normalized spacial score (nSPS) is 30.0. The quantitative estimate of drug-likeness (QED) is 0.0493. The van der Waals surface area contributed by atoms with Crippen molar-refractivity contribution in [3.8, 4) is 0 Å². The van der Waals surface area contributed by atoms with Crippen molar-refractivity contribution in [2.75, 3.05) is 39.5 Å². The van der Waals surface area contributed by atoms with Gasteiger partial charge in [0.05, 0.1) is 13.2 Å². The van der Waals surface area contributed by atoms with Crippen molar-refractivity contribution in [2.45, 2.75) is 133 Å². The molecule has 2 fully saturated rings. The first kappa shape index (κ1) is 42.6. The number of amides is 4. The number of aliphatic hydroxyl groups is 6. The van der Waals surface area contributed by atoms with Crippen molar-refractivity contribution >= 4 is 23.6 Å². The van der Waals surface area contributed by atoms with E-state index < -0.39 is 86.3 Å². The molecule has 0 aromatic heterocycles. The summed E-state index contributed by atoms with van der Waals surface area (Å²) >= 11 is 0. The third kappa shape index (κ3) is 15.1. The molecule has 2 heterocycles. The molecule has 18 heteroatoms. The predicted molar refractivity (Wildman–Crippen MR) is 170 cm³/mol. The Hall–Kier alpha value is -2.52. The first-order valence-corrected chi connectivity index (χ1v) is 16.9. The molecule has 0 radical (unpaired) electrons. The maximum atomic E-state index is 12.1. The standard InChI is InChI=1S/C31H56N4O14/c1-18(38)34-24-28(44)26(42)20(16-36)48-30(24)46-14-8-3-6-12-32-22(40)10-4-5-11-23(41)33-13-7-9-15-47-31-25(35-19(2)39)29(45)27(43)21(17-37)49-31/h20-21,24-31,36-37,42-45H,3-17H2,1-2H3,(H,32,40)(H,33,41)(H,34,38)(H,35,39)/t20?,21?,24?,25?,26-,27-,28+,29+,30+,31+/m0/s1. The third-order valence-corrected chi connectivity index (χ3v) is 8.16. The van der Waals surface area contributed by atoms with Crippen LogP contribution in [0.5, 0.6) is 0 Å². The zero-order valence-electron chi connectivity index (χ0n) is 28.3. The number of carbonyl (C=O) groups excluding carboxylic acids is 4. The molecule has 4 unspecified atom stereocenters. The molecule has 0 aromatic rings. The van der Waals surface area contributed by atoms with E-state index in [-0.39, 0.29) is 31.4 Å². The molecule has 2 rings (SSSR count). The van der Waals surface area contributed by atoms with Crippen LogP contribution in [0.2, 0.25) is 0 Å². The Morgan fingerprint density at radius 2 is 0.959 bits per heavy atom. The molecular weight excluding hydrogens is 652 g/mol. The minimum Gasteiger partial charge on any atom is -0.394 e. The van der Waals surface area contributed by atoms with Gasteiger partial charge >= 0.3 is 0 Å². The van der Waals surface area contributed by atoms with E-state index in [4.69, 9.17) is 18.9 Å². The van der Waals surface area contributed by atoms with Crippen LogP contribution in [0.1, 0.15) is 71.6 Å². The Bertz CT molecular complexity index is 1010. The number of aliphatic hydroxyl groups excluding tert-OH is 6. The van der Waals surface area contributed by atoms with E-state index in [9.17, 15) is 49.8 Å². The molecule has 0 aliphatic carbocycles. The number of hydrogen-bond acceptors (Lipinski definition) is 14. The molecule has 49 heavy (non-hydrogen) atoms. The lowest BCUT2D eigenvalue weighted by Gasteiger charge is -2.42. The molecule has 2 aliphatic heterocycles. The fraction of sp³-hybridized carbons (Fsp3) is 0.871. The fourth-order valence-corrected chi connectivity index (χ4v) is 5.46. The van der Waals surface area contributed by atoms with Crippen molar-refractivity contribution in [1.82, 2.24) is 21.3 Å². The molecule has 0 saturated carbocycles.